The number of fused-ring (bicyclic) bond motifs is 3. The van der Waals surface area contributed by atoms with Gasteiger partial charge in [0.25, 0.3) is 0 Å². The van der Waals surface area contributed by atoms with E-state index in [-0.39, 0.29) is 54.3 Å². The molecule has 0 aliphatic carbocycles. The molecule has 2 saturated heterocycles. The highest BCUT2D eigenvalue weighted by Gasteiger charge is 2.42. The molecule has 198 valence electrons. The number of halogens is 4. The molecule has 0 bridgehead atoms. The van der Waals surface area contributed by atoms with Gasteiger partial charge in [0, 0.05) is 69.5 Å². The number of piperidine rings is 1. The van der Waals surface area contributed by atoms with Crippen molar-refractivity contribution in [3.8, 4) is 0 Å². The molecule has 3 aliphatic rings. The summed E-state index contributed by atoms with van der Waals surface area (Å²) in [5, 5.41) is 0. The Morgan fingerprint density at radius 1 is 0.861 bits per heavy atom. The van der Waals surface area contributed by atoms with Gasteiger partial charge in [0.15, 0.2) is 0 Å². The summed E-state index contributed by atoms with van der Waals surface area (Å²) in [6.45, 7) is 9.34. The number of piperazine rings is 1. The lowest BCUT2D eigenvalue weighted by Crippen LogP contribution is -2.48. The Balaban J connectivity index is 0.00000180. The highest BCUT2D eigenvalue weighted by atomic mass is 35.5. The molecule has 2 aromatic rings. The molecule has 0 N–H and O–H groups in total. The van der Waals surface area contributed by atoms with Crippen molar-refractivity contribution >= 4 is 42.1 Å². The molecule has 36 heavy (non-hydrogen) atoms. The monoisotopic (exact) mass is 540 g/mol. The summed E-state index contributed by atoms with van der Waals surface area (Å²) in [6.07, 6.45) is 3.30. The van der Waals surface area contributed by atoms with Crippen LogP contribution in [0.4, 0.5) is 20.2 Å². The summed E-state index contributed by atoms with van der Waals surface area (Å²) in [5.74, 6) is -0.00611. The van der Waals surface area contributed by atoms with Crippen LogP contribution in [0.1, 0.15) is 37.7 Å². The van der Waals surface area contributed by atoms with E-state index in [0.717, 1.165) is 88.6 Å². The second-order valence-electron chi connectivity index (χ2n) is 9.87. The second kappa shape index (κ2) is 12.5. The van der Waals surface area contributed by atoms with Crippen LogP contribution >= 0.6 is 24.8 Å². The Labute approximate surface area is 225 Å². The Morgan fingerprint density at radius 3 is 2.17 bits per heavy atom. The molecule has 3 aliphatic heterocycles. The number of unbranched alkanes of at least 4 members (excludes halogenated alkanes) is 1. The molecule has 2 atom stereocenters. The van der Waals surface area contributed by atoms with Crippen molar-refractivity contribution in [3.05, 3.63) is 59.7 Å². The molecule has 9 heteroatoms. The van der Waals surface area contributed by atoms with E-state index in [2.05, 4.69) is 14.7 Å². The van der Waals surface area contributed by atoms with Gasteiger partial charge in [-0.25, -0.2) is 8.78 Å². The SMILES string of the molecule is CC(=O)N1CCN(CCCCN2CCC3C(C2)c2cc(F)ccc2N3c2ccc(F)cc2)CC1.Cl.Cl. The first-order valence-electron chi connectivity index (χ1n) is 12.5. The number of benzene rings is 2. The van der Waals surface area contributed by atoms with Crippen molar-refractivity contribution in [1.29, 1.82) is 0 Å². The maximum Gasteiger partial charge on any atom is 0.219 e. The number of hydrogen-bond acceptors (Lipinski definition) is 4. The van der Waals surface area contributed by atoms with Crippen LogP contribution in [0.2, 0.25) is 0 Å². The Hall–Kier alpha value is -1.93. The van der Waals surface area contributed by atoms with Crippen molar-refractivity contribution in [3.63, 3.8) is 0 Å². The topological polar surface area (TPSA) is 30.0 Å². The third kappa shape index (κ3) is 6.13. The first-order chi connectivity index (χ1) is 16.5. The van der Waals surface area contributed by atoms with E-state index in [9.17, 15) is 13.6 Å². The highest BCUT2D eigenvalue weighted by Crippen LogP contribution is 2.48. The molecular formula is C27H36Cl2F2N4O. The van der Waals surface area contributed by atoms with Crippen molar-refractivity contribution in [2.24, 2.45) is 0 Å². The summed E-state index contributed by atoms with van der Waals surface area (Å²) in [4.78, 5) is 20.7. The zero-order valence-electron chi connectivity index (χ0n) is 20.7. The maximum atomic E-state index is 14.2. The fraction of sp³-hybridized carbons (Fsp3) is 0.519. The lowest BCUT2D eigenvalue weighted by Gasteiger charge is -2.39. The minimum absolute atomic E-state index is 0. The number of rotatable bonds is 6. The standard InChI is InChI=1S/C27H34F2N4O.2ClH/c1-20(34)32-16-14-30(15-17-32)11-2-3-12-31-13-10-27-25(19-31)24-18-22(29)6-9-26(24)33(27)23-7-4-21(28)5-8-23;;/h4-9,18,25,27H,2-3,10-17,19H2,1H3;2*1H. The van der Waals surface area contributed by atoms with E-state index in [1.54, 1.807) is 13.0 Å². The number of carbonyl (C=O) groups is 1. The number of likely N-dealkylation sites (tertiary alicyclic amines) is 1. The van der Waals surface area contributed by atoms with Gasteiger partial charge in [-0.2, -0.15) is 0 Å². The van der Waals surface area contributed by atoms with Gasteiger partial charge in [-0.1, -0.05) is 0 Å². The maximum absolute atomic E-state index is 14.2. The predicted octanol–water partition coefficient (Wildman–Crippen LogP) is 5.06. The largest absolute Gasteiger partial charge is 0.340 e. The zero-order chi connectivity index (χ0) is 23.7. The number of carbonyl (C=O) groups excluding carboxylic acids is 1. The minimum atomic E-state index is -0.241. The normalized spacial score (nSPS) is 21.9. The summed E-state index contributed by atoms with van der Waals surface area (Å²) < 4.78 is 27.7. The molecule has 2 aromatic carbocycles. The van der Waals surface area contributed by atoms with Crippen LogP contribution in [0, 0.1) is 11.6 Å². The second-order valence-corrected chi connectivity index (χ2v) is 9.87. The third-order valence-electron chi connectivity index (χ3n) is 7.76. The molecule has 0 aromatic heterocycles. The summed E-state index contributed by atoms with van der Waals surface area (Å²) in [7, 11) is 0. The number of amides is 1. The molecule has 5 rings (SSSR count). The summed E-state index contributed by atoms with van der Waals surface area (Å²) in [6, 6.07) is 12.0. The highest BCUT2D eigenvalue weighted by molar-refractivity contribution is 5.85. The van der Waals surface area contributed by atoms with Gasteiger partial charge >= 0.3 is 0 Å². The quantitative estimate of drug-likeness (QED) is 0.479. The molecule has 0 radical (unpaired) electrons. The number of nitrogens with zero attached hydrogens (tertiary/aromatic N) is 4. The lowest BCUT2D eigenvalue weighted by molar-refractivity contribution is -0.130. The van der Waals surface area contributed by atoms with Crippen LogP contribution < -0.4 is 4.90 Å². The number of anilines is 2. The van der Waals surface area contributed by atoms with Crippen LogP contribution in [0.5, 0.6) is 0 Å². The first-order valence-corrected chi connectivity index (χ1v) is 12.5. The molecular weight excluding hydrogens is 505 g/mol. The number of hydrogen-bond donors (Lipinski definition) is 0. The molecule has 2 unspecified atom stereocenters. The molecule has 1 amide bonds. The van der Waals surface area contributed by atoms with Crippen molar-refractivity contribution in [2.45, 2.75) is 38.1 Å². The van der Waals surface area contributed by atoms with Crippen LogP contribution in [-0.2, 0) is 4.79 Å². The van der Waals surface area contributed by atoms with Crippen molar-refractivity contribution in [1.82, 2.24) is 14.7 Å². The van der Waals surface area contributed by atoms with Crippen LogP contribution in [0.3, 0.4) is 0 Å². The van der Waals surface area contributed by atoms with Gasteiger partial charge in [0.05, 0.1) is 0 Å². The lowest BCUT2D eigenvalue weighted by atomic mass is 9.89. The Bertz CT molecular complexity index is 1020. The predicted molar refractivity (Wildman–Crippen MR) is 145 cm³/mol. The summed E-state index contributed by atoms with van der Waals surface area (Å²) in [5.41, 5.74) is 3.09. The van der Waals surface area contributed by atoms with Gasteiger partial charge in [-0.3, -0.25) is 9.69 Å². The van der Waals surface area contributed by atoms with Crippen LogP contribution in [-0.4, -0.2) is 79.0 Å². The fourth-order valence-corrected chi connectivity index (χ4v) is 5.93. The molecule has 0 spiro atoms. The van der Waals surface area contributed by atoms with E-state index in [0.29, 0.717) is 0 Å². The van der Waals surface area contributed by atoms with E-state index < -0.39 is 0 Å². The smallest absolute Gasteiger partial charge is 0.219 e. The molecule has 2 fully saturated rings. The van der Waals surface area contributed by atoms with Crippen molar-refractivity contribution < 1.29 is 13.6 Å². The van der Waals surface area contributed by atoms with Gasteiger partial charge in [0.2, 0.25) is 5.91 Å². The first kappa shape index (κ1) is 28.6. The van der Waals surface area contributed by atoms with E-state index in [4.69, 9.17) is 0 Å². The molecule has 0 saturated carbocycles. The fourth-order valence-electron chi connectivity index (χ4n) is 5.93. The Kier molecular flexibility index (Phi) is 9.98. The van der Waals surface area contributed by atoms with Gasteiger partial charge in [-0.15, -0.1) is 24.8 Å². The average Bonchev–Trinajstić information content (AvgIpc) is 3.15. The van der Waals surface area contributed by atoms with Gasteiger partial charge in [0.1, 0.15) is 11.6 Å². The van der Waals surface area contributed by atoms with Crippen LogP contribution in [0.25, 0.3) is 0 Å². The third-order valence-corrected chi connectivity index (χ3v) is 7.76. The summed E-state index contributed by atoms with van der Waals surface area (Å²) >= 11 is 0. The van der Waals surface area contributed by atoms with E-state index in [1.807, 2.05) is 23.1 Å². The minimum Gasteiger partial charge on any atom is -0.340 e. The molecule has 5 nitrogen and oxygen atoms in total. The van der Waals surface area contributed by atoms with Gasteiger partial charge < -0.3 is 14.7 Å². The van der Waals surface area contributed by atoms with E-state index >= 15 is 0 Å². The zero-order valence-corrected chi connectivity index (χ0v) is 22.4. The molecule has 3 heterocycles. The van der Waals surface area contributed by atoms with Crippen LogP contribution in [0.15, 0.2) is 42.5 Å². The van der Waals surface area contributed by atoms with E-state index in [1.165, 1.54) is 18.2 Å². The Morgan fingerprint density at radius 2 is 1.50 bits per heavy atom. The average molecular weight is 542 g/mol. The van der Waals surface area contributed by atoms with Crippen molar-refractivity contribution in [2.75, 3.05) is 57.3 Å². The van der Waals surface area contributed by atoms with Gasteiger partial charge in [-0.05, 0) is 80.4 Å².